The topological polar surface area (TPSA) is 32.3 Å². The van der Waals surface area contributed by atoms with Gasteiger partial charge in [-0.1, -0.05) is 38.1 Å². The summed E-state index contributed by atoms with van der Waals surface area (Å²) in [5.74, 6) is 0.196. The van der Waals surface area contributed by atoms with Crippen molar-refractivity contribution in [3.8, 4) is 0 Å². The first-order valence-electron chi connectivity index (χ1n) is 7.81. The van der Waals surface area contributed by atoms with Gasteiger partial charge in [0.15, 0.2) is 0 Å². The maximum absolute atomic E-state index is 12.0. The Morgan fingerprint density at radius 2 is 1.95 bits per heavy atom. The van der Waals surface area contributed by atoms with Crippen LogP contribution < -0.4 is 5.32 Å². The smallest absolute Gasteiger partial charge is 0.221 e. The molecule has 1 N–H and O–H groups in total. The lowest BCUT2D eigenvalue weighted by Gasteiger charge is -2.26. The van der Waals surface area contributed by atoms with Gasteiger partial charge in [0.1, 0.15) is 0 Å². The predicted molar refractivity (Wildman–Crippen MR) is 82.8 cm³/mol. The summed E-state index contributed by atoms with van der Waals surface area (Å²) in [5.41, 5.74) is 2.84. The summed E-state index contributed by atoms with van der Waals surface area (Å²) in [5, 5.41) is 3.20. The average Bonchev–Trinajstić information content (AvgIpc) is 2.48. The van der Waals surface area contributed by atoms with E-state index in [1.807, 2.05) is 0 Å². The molecule has 0 spiro atoms. The zero-order valence-corrected chi connectivity index (χ0v) is 12.7. The second-order valence-electron chi connectivity index (χ2n) is 5.55. The summed E-state index contributed by atoms with van der Waals surface area (Å²) in [4.78, 5) is 14.3. The third kappa shape index (κ3) is 4.07. The van der Waals surface area contributed by atoms with E-state index in [1.54, 1.807) is 0 Å². The normalized spacial score (nSPS) is 17.9. The first-order valence-corrected chi connectivity index (χ1v) is 7.81. The number of benzene rings is 1. The zero-order chi connectivity index (χ0) is 14.4. The maximum atomic E-state index is 12.0. The molecule has 1 aliphatic rings. The second kappa shape index (κ2) is 7.44. The van der Waals surface area contributed by atoms with Crippen LogP contribution in [0.4, 0.5) is 0 Å². The van der Waals surface area contributed by atoms with E-state index in [9.17, 15) is 4.79 Å². The van der Waals surface area contributed by atoms with E-state index in [4.69, 9.17) is 0 Å². The van der Waals surface area contributed by atoms with E-state index in [0.717, 1.165) is 38.9 Å². The van der Waals surface area contributed by atoms with Crippen molar-refractivity contribution in [1.29, 1.82) is 0 Å². The minimum Gasteiger partial charge on any atom is -0.353 e. The van der Waals surface area contributed by atoms with Gasteiger partial charge in [-0.25, -0.2) is 0 Å². The number of carbonyl (C=O) groups excluding carboxylic acids is 1. The average molecular weight is 274 g/mol. The quantitative estimate of drug-likeness (QED) is 0.864. The van der Waals surface area contributed by atoms with E-state index in [1.165, 1.54) is 11.1 Å². The summed E-state index contributed by atoms with van der Waals surface area (Å²) in [6.07, 6.45) is 3.73. The molecular formula is C17H26N2O. The van der Waals surface area contributed by atoms with Crippen molar-refractivity contribution in [2.75, 3.05) is 19.6 Å². The molecule has 0 fully saturated rings. The van der Waals surface area contributed by atoms with Crippen molar-refractivity contribution >= 4 is 5.91 Å². The molecule has 1 atom stereocenters. The van der Waals surface area contributed by atoms with E-state index in [0.29, 0.717) is 12.5 Å². The van der Waals surface area contributed by atoms with Gasteiger partial charge >= 0.3 is 0 Å². The lowest BCUT2D eigenvalue weighted by Crippen LogP contribution is -2.40. The summed E-state index contributed by atoms with van der Waals surface area (Å²) in [6.45, 7) is 7.17. The summed E-state index contributed by atoms with van der Waals surface area (Å²) >= 11 is 0. The van der Waals surface area contributed by atoms with E-state index < -0.39 is 0 Å². The molecule has 3 nitrogen and oxygen atoms in total. The van der Waals surface area contributed by atoms with Crippen molar-refractivity contribution in [2.24, 2.45) is 0 Å². The highest BCUT2D eigenvalue weighted by atomic mass is 16.1. The standard InChI is InChI=1S/C17H26N2O/c1-3-19(4-2)12-11-17(20)18-16-10-9-14-7-5-6-8-15(14)13-16/h5-8,16H,3-4,9-13H2,1-2H3,(H,18,20)/t16-/m1/s1. The predicted octanol–water partition coefficient (Wildman–Crippen LogP) is 2.39. The van der Waals surface area contributed by atoms with Crippen LogP contribution in [0.2, 0.25) is 0 Å². The number of carbonyl (C=O) groups is 1. The summed E-state index contributed by atoms with van der Waals surface area (Å²) in [6, 6.07) is 8.89. The fourth-order valence-corrected chi connectivity index (χ4v) is 2.92. The fourth-order valence-electron chi connectivity index (χ4n) is 2.92. The number of fused-ring (bicyclic) bond motifs is 1. The molecule has 0 bridgehead atoms. The van der Waals surface area contributed by atoms with E-state index >= 15 is 0 Å². The molecule has 1 aliphatic carbocycles. The van der Waals surface area contributed by atoms with Crippen molar-refractivity contribution in [3.05, 3.63) is 35.4 Å². The Morgan fingerprint density at radius 1 is 1.25 bits per heavy atom. The van der Waals surface area contributed by atoms with Crippen LogP contribution in [0.25, 0.3) is 0 Å². The second-order valence-corrected chi connectivity index (χ2v) is 5.55. The Morgan fingerprint density at radius 3 is 2.65 bits per heavy atom. The van der Waals surface area contributed by atoms with Crippen LogP contribution in [0, 0.1) is 0 Å². The van der Waals surface area contributed by atoms with Crippen LogP contribution in [0.5, 0.6) is 0 Å². The molecule has 0 saturated carbocycles. The highest BCUT2D eigenvalue weighted by Gasteiger charge is 2.19. The van der Waals surface area contributed by atoms with E-state index in [-0.39, 0.29) is 5.91 Å². The van der Waals surface area contributed by atoms with Crippen LogP contribution in [0.15, 0.2) is 24.3 Å². The minimum atomic E-state index is 0.196. The minimum absolute atomic E-state index is 0.196. The summed E-state index contributed by atoms with van der Waals surface area (Å²) in [7, 11) is 0. The van der Waals surface area contributed by atoms with Gasteiger partial charge in [0.05, 0.1) is 0 Å². The Labute approximate surface area is 122 Å². The molecule has 1 aromatic rings. The van der Waals surface area contributed by atoms with Gasteiger partial charge < -0.3 is 10.2 Å². The van der Waals surface area contributed by atoms with Crippen molar-refractivity contribution in [3.63, 3.8) is 0 Å². The zero-order valence-electron chi connectivity index (χ0n) is 12.7. The molecule has 0 heterocycles. The molecule has 0 aliphatic heterocycles. The first kappa shape index (κ1) is 15.0. The number of amides is 1. The van der Waals surface area contributed by atoms with Gasteiger partial charge in [0.2, 0.25) is 5.91 Å². The van der Waals surface area contributed by atoms with Gasteiger partial charge in [0, 0.05) is 19.0 Å². The third-order valence-electron chi connectivity index (χ3n) is 4.26. The molecule has 0 unspecified atom stereocenters. The molecular weight excluding hydrogens is 248 g/mol. The maximum Gasteiger partial charge on any atom is 0.221 e. The highest BCUT2D eigenvalue weighted by Crippen LogP contribution is 2.20. The first-order chi connectivity index (χ1) is 9.72. The lowest BCUT2D eigenvalue weighted by atomic mass is 9.88. The monoisotopic (exact) mass is 274 g/mol. The molecule has 20 heavy (non-hydrogen) atoms. The molecule has 3 heteroatoms. The third-order valence-corrected chi connectivity index (χ3v) is 4.26. The van der Waals surface area contributed by atoms with Gasteiger partial charge in [-0.05, 0) is 43.5 Å². The lowest BCUT2D eigenvalue weighted by molar-refractivity contribution is -0.122. The highest BCUT2D eigenvalue weighted by molar-refractivity contribution is 5.76. The van der Waals surface area contributed by atoms with E-state index in [2.05, 4.69) is 48.3 Å². The van der Waals surface area contributed by atoms with Gasteiger partial charge in [0.25, 0.3) is 0 Å². The Bertz CT molecular complexity index is 440. The van der Waals surface area contributed by atoms with Crippen LogP contribution in [-0.2, 0) is 17.6 Å². The van der Waals surface area contributed by atoms with Crippen LogP contribution >= 0.6 is 0 Å². The molecule has 0 aromatic heterocycles. The van der Waals surface area contributed by atoms with Crippen LogP contribution in [0.1, 0.15) is 37.8 Å². The molecule has 2 rings (SSSR count). The number of nitrogens with one attached hydrogen (secondary N) is 1. The molecule has 0 radical (unpaired) electrons. The van der Waals surface area contributed by atoms with Crippen LogP contribution in [0.3, 0.4) is 0 Å². The number of hydrogen-bond acceptors (Lipinski definition) is 2. The van der Waals surface area contributed by atoms with Crippen molar-refractivity contribution in [1.82, 2.24) is 10.2 Å². The Balaban J connectivity index is 1.79. The fraction of sp³-hybridized carbons (Fsp3) is 0.588. The van der Waals surface area contributed by atoms with Gasteiger partial charge in [-0.3, -0.25) is 4.79 Å². The number of nitrogens with zero attached hydrogens (tertiary/aromatic N) is 1. The molecule has 110 valence electrons. The summed E-state index contributed by atoms with van der Waals surface area (Å²) < 4.78 is 0. The SMILES string of the molecule is CCN(CC)CCC(=O)N[C@@H]1CCc2ccccc2C1. The number of hydrogen-bond donors (Lipinski definition) is 1. The molecule has 1 amide bonds. The van der Waals surface area contributed by atoms with Crippen molar-refractivity contribution < 1.29 is 4.79 Å². The van der Waals surface area contributed by atoms with Gasteiger partial charge in [-0.2, -0.15) is 0 Å². The number of aryl methyl sites for hydroxylation is 1. The Kier molecular flexibility index (Phi) is 5.60. The number of rotatable bonds is 6. The molecule has 1 aromatic carbocycles. The molecule has 0 saturated heterocycles. The van der Waals surface area contributed by atoms with Crippen LogP contribution in [-0.4, -0.2) is 36.5 Å². The Hall–Kier alpha value is -1.35. The van der Waals surface area contributed by atoms with Crippen molar-refractivity contribution in [2.45, 2.75) is 45.6 Å². The largest absolute Gasteiger partial charge is 0.353 e. The van der Waals surface area contributed by atoms with Gasteiger partial charge in [-0.15, -0.1) is 0 Å².